The van der Waals surface area contributed by atoms with E-state index < -0.39 is 34.6 Å². The number of hydrogen-bond acceptors (Lipinski definition) is 2. The highest BCUT2D eigenvalue weighted by Crippen LogP contribution is 2.37. The number of nitrogens with one attached hydrogen (secondary N) is 2. The first-order chi connectivity index (χ1) is 16.3. The number of rotatable bonds is 7. The van der Waals surface area contributed by atoms with Crippen molar-refractivity contribution in [2.45, 2.75) is 66.6 Å². The van der Waals surface area contributed by atoms with Crippen molar-refractivity contribution in [2.24, 2.45) is 5.92 Å². The van der Waals surface area contributed by atoms with Crippen LogP contribution in [0, 0.1) is 43.0 Å². The zero-order valence-corrected chi connectivity index (χ0v) is 20.9. The van der Waals surface area contributed by atoms with Crippen LogP contribution in [-0.2, 0) is 6.42 Å². The second-order valence-electron chi connectivity index (χ2n) is 10.2. The lowest BCUT2D eigenvalue weighted by atomic mass is 9.99. The van der Waals surface area contributed by atoms with E-state index in [0.717, 1.165) is 6.07 Å². The summed E-state index contributed by atoms with van der Waals surface area (Å²) in [5.41, 5.74) is 1.09. The molecule has 2 aromatic carbocycles. The maximum absolute atomic E-state index is 15.4. The monoisotopic (exact) mass is 490 g/mol. The number of benzene rings is 2. The maximum Gasteiger partial charge on any atom is 0.191 e. The summed E-state index contributed by atoms with van der Waals surface area (Å²) < 4.78 is 71.2. The molecule has 0 saturated heterocycles. The Morgan fingerprint density at radius 3 is 2.29 bits per heavy atom. The summed E-state index contributed by atoms with van der Waals surface area (Å²) in [7, 11) is 0. The fourth-order valence-corrected chi connectivity index (χ4v) is 4.28. The first-order valence-electron chi connectivity index (χ1n) is 11.6. The lowest BCUT2D eigenvalue weighted by Crippen LogP contribution is -2.32. The van der Waals surface area contributed by atoms with Gasteiger partial charge in [-0.25, -0.2) is 17.6 Å². The molecule has 2 aromatic heterocycles. The molecular formula is C27H30F4N2O2. The van der Waals surface area contributed by atoms with Crippen molar-refractivity contribution < 1.29 is 27.0 Å². The number of hydrogen-bond donors (Lipinski definition) is 2. The van der Waals surface area contributed by atoms with E-state index in [0.29, 0.717) is 16.8 Å². The van der Waals surface area contributed by atoms with Gasteiger partial charge in [0.15, 0.2) is 34.8 Å². The predicted octanol–water partition coefficient (Wildman–Crippen LogP) is 7.65. The van der Waals surface area contributed by atoms with Gasteiger partial charge < -0.3 is 19.4 Å². The Morgan fingerprint density at radius 1 is 0.943 bits per heavy atom. The van der Waals surface area contributed by atoms with Gasteiger partial charge in [-0.3, -0.25) is 0 Å². The minimum atomic E-state index is -1.00. The molecule has 2 N–H and O–H groups in total. The van der Waals surface area contributed by atoms with Crippen molar-refractivity contribution in [1.82, 2.24) is 9.97 Å². The van der Waals surface area contributed by atoms with Crippen LogP contribution < -0.4 is 9.47 Å². The predicted molar refractivity (Wildman–Crippen MR) is 129 cm³/mol. The summed E-state index contributed by atoms with van der Waals surface area (Å²) in [5.74, 6) is -3.39. The van der Waals surface area contributed by atoms with Crippen molar-refractivity contribution in [3.8, 4) is 11.5 Å². The van der Waals surface area contributed by atoms with Crippen molar-refractivity contribution in [3.63, 3.8) is 0 Å². The number of halogens is 4. The minimum Gasteiger partial charge on any atom is -0.484 e. The molecule has 0 amide bonds. The largest absolute Gasteiger partial charge is 0.484 e. The molecule has 35 heavy (non-hydrogen) atoms. The average Bonchev–Trinajstić information content (AvgIpc) is 3.28. The zero-order chi connectivity index (χ0) is 25.8. The average molecular weight is 491 g/mol. The van der Waals surface area contributed by atoms with Crippen LogP contribution in [0.2, 0.25) is 0 Å². The van der Waals surface area contributed by atoms with E-state index in [1.165, 1.54) is 12.3 Å². The topological polar surface area (TPSA) is 50.0 Å². The van der Waals surface area contributed by atoms with Crippen molar-refractivity contribution in [2.75, 3.05) is 0 Å². The summed E-state index contributed by atoms with van der Waals surface area (Å²) in [4.78, 5) is 5.79. The van der Waals surface area contributed by atoms with Crippen LogP contribution in [0.5, 0.6) is 11.5 Å². The van der Waals surface area contributed by atoms with Crippen LogP contribution in [0.25, 0.3) is 21.8 Å². The number of H-pyrrole nitrogens is 2. The number of ether oxygens (including phenoxy) is 2. The number of aryl methyl sites for hydroxylation is 2. The third kappa shape index (κ3) is 4.46. The van der Waals surface area contributed by atoms with Crippen molar-refractivity contribution in [1.29, 1.82) is 0 Å². The highest BCUT2D eigenvalue weighted by atomic mass is 19.1. The molecule has 4 aromatic rings. The molecule has 0 fully saturated rings. The summed E-state index contributed by atoms with van der Waals surface area (Å²) in [6.45, 7) is 12.4. The quantitative estimate of drug-likeness (QED) is 0.262. The Balaban J connectivity index is 1.68. The van der Waals surface area contributed by atoms with Gasteiger partial charge in [0, 0.05) is 41.2 Å². The van der Waals surface area contributed by atoms with E-state index in [-0.39, 0.29) is 46.0 Å². The van der Waals surface area contributed by atoms with Gasteiger partial charge in [-0.2, -0.15) is 0 Å². The van der Waals surface area contributed by atoms with E-state index in [1.54, 1.807) is 34.6 Å². The lowest BCUT2D eigenvalue weighted by molar-refractivity contribution is 0.103. The molecule has 0 aliphatic rings. The highest BCUT2D eigenvalue weighted by Gasteiger charge is 2.29. The SMILES string of the molecule is Cc1c(CC(C)(C)Oc2cc(F)c3[nH]cc(C)c3c2F)[nH]c2cc(F)c(O[C@H](C)C(C)C)c(F)c12. The Hall–Kier alpha value is -3.16. The van der Waals surface area contributed by atoms with Crippen LogP contribution in [0.3, 0.4) is 0 Å². The first kappa shape index (κ1) is 24.9. The molecular weight excluding hydrogens is 460 g/mol. The molecule has 0 saturated carbocycles. The molecule has 0 bridgehead atoms. The molecule has 0 spiro atoms. The van der Waals surface area contributed by atoms with Crippen molar-refractivity contribution in [3.05, 3.63) is 58.4 Å². The van der Waals surface area contributed by atoms with E-state index in [1.807, 2.05) is 13.8 Å². The van der Waals surface area contributed by atoms with Crippen LogP contribution in [-0.4, -0.2) is 21.7 Å². The minimum absolute atomic E-state index is 0.0739. The van der Waals surface area contributed by atoms with Crippen LogP contribution >= 0.6 is 0 Å². The molecule has 1 atom stereocenters. The summed E-state index contributed by atoms with van der Waals surface area (Å²) in [6, 6.07) is 2.23. The van der Waals surface area contributed by atoms with Gasteiger partial charge in [0.25, 0.3) is 0 Å². The normalized spacial score (nSPS) is 13.3. The van der Waals surface area contributed by atoms with E-state index in [9.17, 15) is 8.78 Å². The Kier molecular flexibility index (Phi) is 6.28. The van der Waals surface area contributed by atoms with Gasteiger partial charge in [-0.05, 0) is 51.7 Å². The van der Waals surface area contributed by atoms with Gasteiger partial charge >= 0.3 is 0 Å². The van der Waals surface area contributed by atoms with E-state index >= 15 is 8.78 Å². The summed E-state index contributed by atoms with van der Waals surface area (Å²) in [6.07, 6.45) is 1.37. The number of aromatic amines is 2. The molecule has 4 nitrogen and oxygen atoms in total. The molecule has 4 rings (SSSR count). The number of aromatic nitrogens is 2. The zero-order valence-electron chi connectivity index (χ0n) is 20.9. The maximum atomic E-state index is 15.4. The Morgan fingerprint density at radius 2 is 1.63 bits per heavy atom. The fourth-order valence-electron chi connectivity index (χ4n) is 4.28. The van der Waals surface area contributed by atoms with Crippen LogP contribution in [0.15, 0.2) is 18.3 Å². The highest BCUT2D eigenvalue weighted by molar-refractivity contribution is 5.87. The third-order valence-electron chi connectivity index (χ3n) is 6.53. The van der Waals surface area contributed by atoms with E-state index in [4.69, 9.17) is 9.47 Å². The molecule has 0 aliphatic carbocycles. The molecule has 2 heterocycles. The van der Waals surface area contributed by atoms with Gasteiger partial charge in [-0.15, -0.1) is 0 Å². The fraction of sp³-hybridized carbons (Fsp3) is 0.407. The van der Waals surface area contributed by atoms with Gasteiger partial charge in [0.05, 0.1) is 17.1 Å². The van der Waals surface area contributed by atoms with E-state index in [2.05, 4.69) is 9.97 Å². The molecule has 0 aliphatic heterocycles. The first-order valence-corrected chi connectivity index (χ1v) is 11.6. The van der Waals surface area contributed by atoms with Crippen LogP contribution in [0.1, 0.15) is 51.4 Å². The summed E-state index contributed by atoms with van der Waals surface area (Å²) in [5, 5.41) is 0.364. The van der Waals surface area contributed by atoms with Gasteiger partial charge in [0.1, 0.15) is 5.60 Å². The number of fused-ring (bicyclic) bond motifs is 2. The smallest absolute Gasteiger partial charge is 0.191 e. The Labute approximate surface area is 201 Å². The van der Waals surface area contributed by atoms with Gasteiger partial charge in [0.2, 0.25) is 0 Å². The van der Waals surface area contributed by atoms with Gasteiger partial charge in [-0.1, -0.05) is 13.8 Å². The molecule has 0 unspecified atom stereocenters. The standard InChI is InChI=1S/C27H30F4N2O2/c1-12(2)15(5)34-26-17(29)8-18-22(24(26)31)14(4)19(33-18)10-27(6,7)35-20-9-16(28)25-21(23(20)30)13(3)11-32-25/h8-9,11-12,15,32-33H,10H2,1-7H3/t15-/m1/s1. The molecule has 8 heteroatoms. The second-order valence-corrected chi connectivity index (χ2v) is 10.2. The van der Waals surface area contributed by atoms with Crippen LogP contribution in [0.4, 0.5) is 17.6 Å². The lowest BCUT2D eigenvalue weighted by Gasteiger charge is -2.27. The second kappa shape index (κ2) is 8.81. The Bertz CT molecular complexity index is 1420. The third-order valence-corrected chi connectivity index (χ3v) is 6.53. The summed E-state index contributed by atoms with van der Waals surface area (Å²) >= 11 is 0. The van der Waals surface area contributed by atoms with Crippen molar-refractivity contribution >= 4 is 21.8 Å². The molecule has 188 valence electrons. The molecule has 0 radical (unpaired) electrons.